The van der Waals surface area contributed by atoms with E-state index in [-0.39, 0.29) is 34.4 Å². The number of fused-ring (bicyclic) bond motifs is 1. The largest absolute Gasteiger partial charge is 0.507 e. The molecule has 0 unspecified atom stereocenters. The number of rotatable bonds is 6. The third-order valence-corrected chi connectivity index (χ3v) is 5.68. The molecule has 0 aromatic heterocycles. The van der Waals surface area contributed by atoms with Crippen LogP contribution >= 0.6 is 0 Å². The van der Waals surface area contributed by atoms with Gasteiger partial charge in [0.25, 0.3) is 11.8 Å². The van der Waals surface area contributed by atoms with Gasteiger partial charge in [-0.1, -0.05) is 49.2 Å². The summed E-state index contributed by atoms with van der Waals surface area (Å²) < 4.78 is 5.03. The highest BCUT2D eigenvalue weighted by molar-refractivity contribution is 6.06. The van der Waals surface area contributed by atoms with Crippen LogP contribution in [0.5, 0.6) is 11.5 Å². The molecule has 0 spiro atoms. The number of esters is 1. The summed E-state index contributed by atoms with van der Waals surface area (Å²) in [4.78, 5) is 37.5. The summed E-state index contributed by atoms with van der Waals surface area (Å²) >= 11 is 0. The molecule has 8 heteroatoms. The maximum Gasteiger partial charge on any atom is 0.342 e. The highest BCUT2D eigenvalue weighted by atomic mass is 16.5. The molecule has 1 aliphatic rings. The first-order chi connectivity index (χ1) is 15.9. The summed E-state index contributed by atoms with van der Waals surface area (Å²) in [5.74, 6) is -2.42. The Balaban J connectivity index is 1.41. The van der Waals surface area contributed by atoms with Crippen molar-refractivity contribution in [1.29, 1.82) is 0 Å². The quantitative estimate of drug-likeness (QED) is 0.336. The van der Waals surface area contributed by atoms with E-state index in [1.165, 1.54) is 0 Å². The molecule has 0 saturated heterocycles. The third-order valence-electron chi connectivity index (χ3n) is 5.68. The number of nitrogens with one attached hydrogen (secondary N) is 2. The second-order valence-corrected chi connectivity index (χ2v) is 7.96. The van der Waals surface area contributed by atoms with Crippen molar-refractivity contribution in [2.75, 3.05) is 11.9 Å². The number of phenolic OH excluding ortho intramolecular Hbond substituents is 2. The molecule has 0 atom stereocenters. The van der Waals surface area contributed by atoms with Crippen LogP contribution in [0, 0.1) is 0 Å². The molecule has 3 aromatic rings. The number of amides is 2. The number of hydrogen-bond acceptors (Lipinski definition) is 6. The zero-order valence-electron chi connectivity index (χ0n) is 17.8. The molecule has 4 rings (SSSR count). The molecule has 0 bridgehead atoms. The van der Waals surface area contributed by atoms with Gasteiger partial charge in [-0.25, -0.2) is 4.79 Å². The van der Waals surface area contributed by atoms with E-state index < -0.39 is 18.5 Å². The number of carbonyl (C=O) groups is 3. The van der Waals surface area contributed by atoms with Gasteiger partial charge >= 0.3 is 5.97 Å². The lowest BCUT2D eigenvalue weighted by atomic mass is 10.0. The lowest BCUT2D eigenvalue weighted by molar-refractivity contribution is -0.119. The first-order valence-corrected chi connectivity index (χ1v) is 10.7. The molecule has 0 heterocycles. The van der Waals surface area contributed by atoms with Crippen LogP contribution in [0.25, 0.3) is 10.8 Å². The second kappa shape index (κ2) is 9.60. The molecule has 1 fully saturated rings. The van der Waals surface area contributed by atoms with E-state index in [1.54, 1.807) is 48.5 Å². The number of ether oxygens (including phenoxy) is 1. The van der Waals surface area contributed by atoms with Crippen LogP contribution in [0.3, 0.4) is 0 Å². The average Bonchev–Trinajstić information content (AvgIpc) is 3.33. The lowest BCUT2D eigenvalue weighted by Crippen LogP contribution is -2.33. The molecule has 1 aliphatic carbocycles. The van der Waals surface area contributed by atoms with Gasteiger partial charge < -0.3 is 25.6 Å². The van der Waals surface area contributed by atoms with Crippen LogP contribution in [-0.2, 0) is 9.53 Å². The number of phenols is 2. The standard InChI is InChI=1S/C25H24N2O6/c28-21-13-19(23(30)17-10-4-3-9-16(17)21)25(32)33-14-22(29)27-20-12-6-5-11-18(20)24(31)26-15-7-1-2-8-15/h3-6,9-13,15,28,30H,1-2,7-8,14H2,(H,26,31)(H,27,29). The molecule has 8 nitrogen and oxygen atoms in total. The molecule has 33 heavy (non-hydrogen) atoms. The number of hydrogen-bond donors (Lipinski definition) is 4. The number of para-hydroxylation sites is 1. The van der Waals surface area contributed by atoms with Gasteiger partial charge in [-0.05, 0) is 31.0 Å². The fraction of sp³-hybridized carbons (Fsp3) is 0.240. The minimum absolute atomic E-state index is 0.133. The Morgan fingerprint density at radius 3 is 2.33 bits per heavy atom. The highest BCUT2D eigenvalue weighted by Gasteiger charge is 2.22. The van der Waals surface area contributed by atoms with E-state index in [2.05, 4.69) is 10.6 Å². The summed E-state index contributed by atoms with van der Waals surface area (Å²) in [5, 5.41) is 26.8. The molecule has 4 N–H and O–H groups in total. The number of aromatic hydroxyl groups is 2. The van der Waals surface area contributed by atoms with Crippen LogP contribution in [0.2, 0.25) is 0 Å². The summed E-state index contributed by atoms with van der Waals surface area (Å²) in [6, 6.07) is 14.3. The predicted octanol–water partition coefficient (Wildman–Crippen LogP) is 3.72. The number of benzene rings is 3. The number of carbonyl (C=O) groups excluding carboxylic acids is 3. The van der Waals surface area contributed by atoms with Crippen LogP contribution < -0.4 is 10.6 Å². The van der Waals surface area contributed by atoms with Gasteiger partial charge in [0.15, 0.2) is 6.61 Å². The summed E-state index contributed by atoms with van der Waals surface area (Å²) in [6.45, 7) is -0.634. The zero-order valence-corrected chi connectivity index (χ0v) is 17.8. The fourth-order valence-corrected chi connectivity index (χ4v) is 4.02. The first-order valence-electron chi connectivity index (χ1n) is 10.7. The van der Waals surface area contributed by atoms with E-state index in [1.807, 2.05) is 0 Å². The number of anilines is 1. The van der Waals surface area contributed by atoms with Gasteiger partial charge in [-0.2, -0.15) is 0 Å². The zero-order chi connectivity index (χ0) is 23.4. The Morgan fingerprint density at radius 2 is 1.58 bits per heavy atom. The molecule has 0 radical (unpaired) electrons. The Kier molecular flexibility index (Phi) is 6.44. The topological polar surface area (TPSA) is 125 Å². The maximum atomic E-state index is 12.6. The van der Waals surface area contributed by atoms with Gasteiger partial charge in [-0.3, -0.25) is 9.59 Å². The third kappa shape index (κ3) is 4.90. The van der Waals surface area contributed by atoms with Crippen molar-refractivity contribution >= 4 is 34.2 Å². The predicted molar refractivity (Wildman–Crippen MR) is 122 cm³/mol. The van der Waals surface area contributed by atoms with Crippen molar-refractivity contribution in [2.45, 2.75) is 31.7 Å². The summed E-state index contributed by atoms with van der Waals surface area (Å²) in [5.41, 5.74) is 0.372. The molecular weight excluding hydrogens is 424 g/mol. The first kappa shape index (κ1) is 22.1. The van der Waals surface area contributed by atoms with E-state index in [0.29, 0.717) is 16.6 Å². The van der Waals surface area contributed by atoms with Crippen LogP contribution in [0.15, 0.2) is 54.6 Å². The van der Waals surface area contributed by atoms with Gasteiger partial charge in [0.2, 0.25) is 0 Å². The minimum atomic E-state index is -0.962. The molecule has 2 amide bonds. The van der Waals surface area contributed by atoms with Gasteiger partial charge in [-0.15, -0.1) is 0 Å². The Morgan fingerprint density at radius 1 is 0.909 bits per heavy atom. The van der Waals surface area contributed by atoms with E-state index in [9.17, 15) is 24.6 Å². The second-order valence-electron chi connectivity index (χ2n) is 7.96. The Labute approximate surface area is 190 Å². The van der Waals surface area contributed by atoms with Crippen molar-refractivity contribution in [3.8, 4) is 11.5 Å². The molecule has 3 aromatic carbocycles. The van der Waals surface area contributed by atoms with Crippen LogP contribution in [0.4, 0.5) is 5.69 Å². The summed E-state index contributed by atoms with van der Waals surface area (Å²) in [6.07, 6.45) is 4.04. The fourth-order valence-electron chi connectivity index (χ4n) is 4.02. The monoisotopic (exact) mass is 448 g/mol. The SMILES string of the molecule is O=C(COC(=O)c1cc(O)c2ccccc2c1O)Nc1ccccc1C(=O)NC1CCCC1. The maximum absolute atomic E-state index is 12.6. The smallest absolute Gasteiger partial charge is 0.342 e. The van der Waals surface area contributed by atoms with Gasteiger partial charge in [0.1, 0.15) is 17.1 Å². The molecule has 0 aliphatic heterocycles. The highest BCUT2D eigenvalue weighted by Crippen LogP contribution is 2.35. The van der Waals surface area contributed by atoms with Crippen molar-refractivity contribution < 1.29 is 29.3 Å². The Hall–Kier alpha value is -4.07. The van der Waals surface area contributed by atoms with Crippen LogP contribution in [-0.4, -0.2) is 40.6 Å². The van der Waals surface area contributed by atoms with E-state index >= 15 is 0 Å². The average molecular weight is 448 g/mol. The van der Waals surface area contributed by atoms with Crippen molar-refractivity contribution in [3.05, 3.63) is 65.7 Å². The normalized spacial score (nSPS) is 13.6. The van der Waals surface area contributed by atoms with Crippen molar-refractivity contribution in [3.63, 3.8) is 0 Å². The Bertz CT molecular complexity index is 1220. The minimum Gasteiger partial charge on any atom is -0.507 e. The molecule has 170 valence electrons. The van der Waals surface area contributed by atoms with Gasteiger partial charge in [0.05, 0.1) is 11.3 Å². The molecule has 1 saturated carbocycles. The lowest BCUT2D eigenvalue weighted by Gasteiger charge is -2.15. The molecular formula is C25H24N2O6. The van der Waals surface area contributed by atoms with Gasteiger partial charge in [0, 0.05) is 16.8 Å². The van der Waals surface area contributed by atoms with E-state index in [0.717, 1.165) is 31.7 Å². The summed E-state index contributed by atoms with van der Waals surface area (Å²) in [7, 11) is 0. The van der Waals surface area contributed by atoms with Crippen molar-refractivity contribution in [2.24, 2.45) is 0 Å². The van der Waals surface area contributed by atoms with E-state index in [4.69, 9.17) is 4.74 Å². The van der Waals surface area contributed by atoms with Crippen LogP contribution in [0.1, 0.15) is 46.4 Å². The van der Waals surface area contributed by atoms with Crippen molar-refractivity contribution in [1.82, 2.24) is 5.32 Å².